The van der Waals surface area contributed by atoms with Crippen LogP contribution in [0.5, 0.6) is 0 Å². The highest BCUT2D eigenvalue weighted by Gasteiger charge is 2.33. The largest absolute Gasteiger partial charge is 0.416 e. The maximum Gasteiger partial charge on any atom is 0.416 e. The van der Waals surface area contributed by atoms with E-state index in [4.69, 9.17) is 0 Å². The van der Waals surface area contributed by atoms with E-state index in [1.165, 1.54) is 6.07 Å². The van der Waals surface area contributed by atoms with Gasteiger partial charge in [-0.25, -0.2) is 0 Å². The number of halogens is 3. The highest BCUT2D eigenvalue weighted by molar-refractivity contribution is 5.93. The highest BCUT2D eigenvalue weighted by Crippen LogP contribution is 2.33. The van der Waals surface area contributed by atoms with E-state index in [2.05, 4.69) is 5.10 Å². The molecule has 0 aliphatic carbocycles. The summed E-state index contributed by atoms with van der Waals surface area (Å²) in [7, 11) is 1.76. The SMILES string of the molecule is Cn1cc(C(=O)N2CCC[C@H](CCc3ccccc3C(F)(F)F)C2)cn1. The van der Waals surface area contributed by atoms with E-state index >= 15 is 0 Å². The molecule has 1 saturated heterocycles. The number of benzene rings is 1. The van der Waals surface area contributed by atoms with Crippen LogP contribution in [0.2, 0.25) is 0 Å². The third-order valence-electron chi connectivity index (χ3n) is 4.90. The molecule has 7 heteroatoms. The number of aryl methyl sites for hydroxylation is 2. The van der Waals surface area contributed by atoms with Crippen LogP contribution < -0.4 is 0 Å². The first kappa shape index (κ1) is 18.5. The maximum absolute atomic E-state index is 13.1. The first-order chi connectivity index (χ1) is 12.3. The van der Waals surface area contributed by atoms with Crippen molar-refractivity contribution in [1.29, 1.82) is 0 Å². The van der Waals surface area contributed by atoms with Crippen LogP contribution in [0.4, 0.5) is 13.2 Å². The Kier molecular flexibility index (Phi) is 5.34. The van der Waals surface area contributed by atoms with Crippen LogP contribution in [0.3, 0.4) is 0 Å². The van der Waals surface area contributed by atoms with Gasteiger partial charge >= 0.3 is 6.18 Å². The number of rotatable bonds is 4. The molecule has 3 rings (SSSR count). The molecule has 0 radical (unpaired) electrons. The van der Waals surface area contributed by atoms with E-state index in [0.717, 1.165) is 18.9 Å². The van der Waals surface area contributed by atoms with Gasteiger partial charge in [0.15, 0.2) is 0 Å². The van der Waals surface area contributed by atoms with Gasteiger partial charge in [-0.2, -0.15) is 18.3 Å². The zero-order valence-electron chi connectivity index (χ0n) is 14.7. The van der Waals surface area contributed by atoms with Crippen LogP contribution >= 0.6 is 0 Å². The quantitative estimate of drug-likeness (QED) is 0.824. The van der Waals surface area contributed by atoms with Gasteiger partial charge in [-0.1, -0.05) is 18.2 Å². The molecule has 1 fully saturated rings. The summed E-state index contributed by atoms with van der Waals surface area (Å²) in [6.07, 6.45) is 1.73. The summed E-state index contributed by atoms with van der Waals surface area (Å²) in [6, 6.07) is 5.74. The molecule has 1 aliphatic rings. The Morgan fingerprint density at radius 3 is 2.77 bits per heavy atom. The Balaban J connectivity index is 1.62. The van der Waals surface area contributed by atoms with Crippen molar-refractivity contribution >= 4 is 5.91 Å². The fraction of sp³-hybridized carbons (Fsp3) is 0.474. The smallest absolute Gasteiger partial charge is 0.338 e. The van der Waals surface area contributed by atoms with Crippen molar-refractivity contribution in [2.24, 2.45) is 13.0 Å². The van der Waals surface area contributed by atoms with Gasteiger partial charge in [0.25, 0.3) is 5.91 Å². The number of piperidine rings is 1. The van der Waals surface area contributed by atoms with Gasteiger partial charge in [0.2, 0.25) is 0 Å². The van der Waals surface area contributed by atoms with Crippen molar-refractivity contribution < 1.29 is 18.0 Å². The highest BCUT2D eigenvalue weighted by atomic mass is 19.4. The van der Waals surface area contributed by atoms with E-state index in [1.54, 1.807) is 41.2 Å². The second kappa shape index (κ2) is 7.51. The minimum absolute atomic E-state index is 0.0570. The lowest BCUT2D eigenvalue weighted by molar-refractivity contribution is -0.138. The molecule has 0 spiro atoms. The summed E-state index contributed by atoms with van der Waals surface area (Å²) in [6.45, 7) is 1.27. The summed E-state index contributed by atoms with van der Waals surface area (Å²) < 4.78 is 40.9. The minimum atomic E-state index is -4.33. The average molecular weight is 365 g/mol. The number of hydrogen-bond acceptors (Lipinski definition) is 2. The monoisotopic (exact) mass is 365 g/mol. The van der Waals surface area contributed by atoms with Gasteiger partial charge in [-0.3, -0.25) is 9.48 Å². The van der Waals surface area contributed by atoms with Gasteiger partial charge < -0.3 is 4.90 Å². The molecule has 2 aromatic rings. The lowest BCUT2D eigenvalue weighted by Gasteiger charge is -2.32. The van der Waals surface area contributed by atoms with Crippen LogP contribution in [0, 0.1) is 5.92 Å². The molecule has 0 N–H and O–H groups in total. The number of carbonyl (C=O) groups is 1. The number of aromatic nitrogens is 2. The second-order valence-corrected chi connectivity index (χ2v) is 6.86. The molecule has 1 aromatic carbocycles. The third kappa shape index (κ3) is 4.26. The van der Waals surface area contributed by atoms with E-state index in [1.807, 2.05) is 0 Å². The number of hydrogen-bond donors (Lipinski definition) is 0. The predicted molar refractivity (Wildman–Crippen MR) is 91.6 cm³/mol. The number of carbonyl (C=O) groups excluding carboxylic acids is 1. The van der Waals surface area contributed by atoms with Gasteiger partial charge in [0.1, 0.15) is 0 Å². The Hall–Kier alpha value is -2.31. The van der Waals surface area contributed by atoms with E-state index < -0.39 is 11.7 Å². The normalized spacial score (nSPS) is 18.2. The Morgan fingerprint density at radius 1 is 1.31 bits per heavy atom. The molecule has 1 aromatic heterocycles. The van der Waals surface area contributed by atoms with Crippen LogP contribution in [-0.4, -0.2) is 33.7 Å². The van der Waals surface area contributed by atoms with E-state index in [9.17, 15) is 18.0 Å². The molecular formula is C19H22F3N3O. The van der Waals surface area contributed by atoms with Crippen molar-refractivity contribution in [2.45, 2.75) is 31.9 Å². The third-order valence-corrected chi connectivity index (χ3v) is 4.90. The Bertz CT molecular complexity index is 769. The van der Waals surface area contributed by atoms with Gasteiger partial charge in [-0.15, -0.1) is 0 Å². The van der Waals surface area contributed by atoms with Crippen LogP contribution in [-0.2, 0) is 19.6 Å². The lowest BCUT2D eigenvalue weighted by atomic mass is 9.90. The lowest BCUT2D eigenvalue weighted by Crippen LogP contribution is -2.40. The Morgan fingerprint density at radius 2 is 2.08 bits per heavy atom. The summed E-state index contributed by atoms with van der Waals surface area (Å²) in [5.41, 5.74) is 0.324. The topological polar surface area (TPSA) is 38.1 Å². The molecule has 0 bridgehead atoms. The molecular weight excluding hydrogens is 343 g/mol. The van der Waals surface area contributed by atoms with Crippen LogP contribution in [0.25, 0.3) is 0 Å². The zero-order valence-corrected chi connectivity index (χ0v) is 14.7. The molecule has 1 atom stereocenters. The summed E-state index contributed by atoms with van der Waals surface area (Å²) >= 11 is 0. The van der Waals surface area contributed by atoms with Gasteiger partial charge in [0, 0.05) is 26.3 Å². The fourth-order valence-electron chi connectivity index (χ4n) is 3.57. The average Bonchev–Trinajstić information content (AvgIpc) is 3.05. The molecule has 1 amide bonds. The van der Waals surface area contributed by atoms with Crippen molar-refractivity contribution in [3.8, 4) is 0 Å². The predicted octanol–water partition coefficient (Wildman–Crippen LogP) is 3.92. The summed E-state index contributed by atoms with van der Waals surface area (Å²) in [5.74, 6) is 0.157. The molecule has 140 valence electrons. The van der Waals surface area contributed by atoms with Crippen molar-refractivity contribution in [2.75, 3.05) is 13.1 Å². The fourth-order valence-corrected chi connectivity index (χ4v) is 3.57. The Labute approximate surface area is 150 Å². The van der Waals surface area contributed by atoms with E-state index in [0.29, 0.717) is 37.1 Å². The van der Waals surface area contributed by atoms with Gasteiger partial charge in [-0.05, 0) is 43.2 Å². The van der Waals surface area contributed by atoms with Gasteiger partial charge in [0.05, 0.1) is 17.3 Å². The summed E-state index contributed by atoms with van der Waals surface area (Å²) in [5, 5.41) is 4.02. The minimum Gasteiger partial charge on any atom is -0.338 e. The number of amides is 1. The van der Waals surface area contributed by atoms with Crippen LogP contribution in [0.1, 0.15) is 40.7 Å². The maximum atomic E-state index is 13.1. The molecule has 1 aliphatic heterocycles. The second-order valence-electron chi connectivity index (χ2n) is 6.86. The standard InChI is InChI=1S/C19H22F3N3O/c1-24-13-16(11-23-24)18(26)25-10-4-5-14(12-25)8-9-15-6-2-3-7-17(15)19(20,21)22/h2-3,6-7,11,13-14H,4-5,8-10,12H2,1H3/t14-/m1/s1. The molecule has 2 heterocycles. The number of likely N-dealkylation sites (tertiary alicyclic amines) is 1. The molecule has 0 unspecified atom stereocenters. The first-order valence-electron chi connectivity index (χ1n) is 8.77. The number of nitrogens with zero attached hydrogens (tertiary/aromatic N) is 3. The first-order valence-corrected chi connectivity index (χ1v) is 8.77. The summed E-state index contributed by atoms with van der Waals surface area (Å²) in [4.78, 5) is 14.3. The molecule has 26 heavy (non-hydrogen) atoms. The van der Waals surface area contributed by atoms with Crippen molar-refractivity contribution in [3.05, 3.63) is 53.3 Å². The van der Waals surface area contributed by atoms with E-state index in [-0.39, 0.29) is 11.8 Å². The molecule has 0 saturated carbocycles. The molecule has 4 nitrogen and oxygen atoms in total. The van der Waals surface area contributed by atoms with Crippen LogP contribution in [0.15, 0.2) is 36.7 Å². The van der Waals surface area contributed by atoms with Crippen molar-refractivity contribution in [1.82, 2.24) is 14.7 Å². The number of alkyl halides is 3. The van der Waals surface area contributed by atoms with Crippen molar-refractivity contribution in [3.63, 3.8) is 0 Å². The zero-order chi connectivity index (χ0) is 18.7.